The first kappa shape index (κ1) is 29.4. The molecule has 2 aliphatic rings. The fourth-order valence-electron chi connectivity index (χ4n) is 5.52. The van der Waals surface area contributed by atoms with Gasteiger partial charge in [0.2, 0.25) is 11.8 Å². The molecule has 3 amide bonds. The molecule has 0 spiro atoms. The number of hydrogen-bond acceptors (Lipinski definition) is 5. The minimum Gasteiger partial charge on any atom is -0.453 e. The zero-order valence-electron chi connectivity index (χ0n) is 23.7. The van der Waals surface area contributed by atoms with E-state index in [-0.39, 0.29) is 29.6 Å². The van der Waals surface area contributed by atoms with Crippen molar-refractivity contribution in [3.05, 3.63) is 81.8 Å². The van der Waals surface area contributed by atoms with Crippen LogP contribution in [0.4, 0.5) is 20.6 Å². The van der Waals surface area contributed by atoms with E-state index in [1.165, 1.54) is 13.2 Å². The Morgan fingerprint density at radius 3 is 2.74 bits per heavy atom. The number of rotatable bonds is 3. The molecule has 0 aliphatic carbocycles. The lowest BCUT2D eigenvalue weighted by molar-refractivity contribution is -0.129. The van der Waals surface area contributed by atoms with Gasteiger partial charge >= 0.3 is 6.09 Å². The quantitative estimate of drug-likeness (QED) is 0.316. The number of aromatic nitrogens is 1. The van der Waals surface area contributed by atoms with Crippen molar-refractivity contribution < 1.29 is 23.5 Å². The molecular formula is C32H32BrFN4O4. The van der Waals surface area contributed by atoms with Crippen molar-refractivity contribution in [1.82, 2.24) is 9.88 Å². The minimum atomic E-state index is -0.613. The van der Waals surface area contributed by atoms with Gasteiger partial charge in [-0.05, 0) is 73.2 Å². The Morgan fingerprint density at radius 1 is 1.17 bits per heavy atom. The number of halogens is 2. The summed E-state index contributed by atoms with van der Waals surface area (Å²) in [5.41, 5.74) is 4.94. The lowest BCUT2D eigenvalue weighted by Crippen LogP contribution is -2.38. The van der Waals surface area contributed by atoms with Crippen molar-refractivity contribution in [3.63, 3.8) is 0 Å². The van der Waals surface area contributed by atoms with E-state index in [1.807, 2.05) is 25.1 Å². The first-order valence-corrected chi connectivity index (χ1v) is 14.7. The number of nitrogens with zero attached hydrogens (tertiary/aromatic N) is 2. The number of amides is 3. The Morgan fingerprint density at radius 2 is 1.98 bits per heavy atom. The molecule has 2 aliphatic heterocycles. The molecule has 8 nitrogen and oxygen atoms in total. The number of aryl methyl sites for hydroxylation is 1. The molecule has 2 bridgehead atoms. The largest absolute Gasteiger partial charge is 0.453 e. The van der Waals surface area contributed by atoms with E-state index in [0.717, 1.165) is 16.8 Å². The molecule has 0 saturated carbocycles. The highest BCUT2D eigenvalue weighted by atomic mass is 79.9. The van der Waals surface area contributed by atoms with Crippen LogP contribution in [-0.4, -0.2) is 41.4 Å². The van der Waals surface area contributed by atoms with Gasteiger partial charge in [0.15, 0.2) is 0 Å². The van der Waals surface area contributed by atoms with Gasteiger partial charge in [0, 0.05) is 46.0 Å². The lowest BCUT2D eigenvalue weighted by Gasteiger charge is -2.35. The van der Waals surface area contributed by atoms with Crippen molar-refractivity contribution in [2.45, 2.75) is 45.6 Å². The third-order valence-corrected chi connectivity index (χ3v) is 8.55. The average Bonchev–Trinajstić information content (AvgIpc) is 2.97. The molecule has 0 radical (unpaired) electrons. The Kier molecular flexibility index (Phi) is 8.72. The second-order valence-corrected chi connectivity index (χ2v) is 11.5. The number of carbonyl (C=O) groups excluding carboxylic acids is 3. The first-order valence-electron chi connectivity index (χ1n) is 13.9. The maximum absolute atomic E-state index is 15.1. The molecule has 1 aromatic heterocycles. The van der Waals surface area contributed by atoms with Gasteiger partial charge < -0.3 is 15.0 Å². The molecule has 218 valence electrons. The average molecular weight is 636 g/mol. The van der Waals surface area contributed by atoms with Crippen LogP contribution < -0.4 is 10.6 Å². The van der Waals surface area contributed by atoms with Crippen LogP contribution >= 0.6 is 15.9 Å². The highest BCUT2D eigenvalue weighted by molar-refractivity contribution is 9.10. The van der Waals surface area contributed by atoms with Crippen molar-refractivity contribution in [2.75, 3.05) is 24.3 Å². The zero-order chi connectivity index (χ0) is 30.0. The first-order chi connectivity index (χ1) is 20.2. The van der Waals surface area contributed by atoms with Crippen LogP contribution in [0, 0.1) is 18.7 Å². The Balaban J connectivity index is 1.52. The minimum absolute atomic E-state index is 0.134. The van der Waals surface area contributed by atoms with E-state index in [0.29, 0.717) is 64.8 Å². The van der Waals surface area contributed by atoms with Gasteiger partial charge in [-0.15, -0.1) is 0 Å². The van der Waals surface area contributed by atoms with Gasteiger partial charge in [0.05, 0.1) is 24.5 Å². The number of hydrogen-bond donors (Lipinski definition) is 2. The molecular weight excluding hydrogens is 603 g/mol. The van der Waals surface area contributed by atoms with Crippen molar-refractivity contribution in [3.8, 4) is 11.1 Å². The van der Waals surface area contributed by atoms with Crippen LogP contribution in [0.1, 0.15) is 55.5 Å². The van der Waals surface area contributed by atoms with E-state index in [2.05, 4.69) is 31.5 Å². The molecule has 0 saturated heterocycles. The molecule has 2 atom stereocenters. The summed E-state index contributed by atoms with van der Waals surface area (Å²) in [6.07, 6.45) is 5.06. The van der Waals surface area contributed by atoms with Crippen LogP contribution in [0.5, 0.6) is 0 Å². The number of methoxy groups -OCH3 is 1. The topological polar surface area (TPSA) is 101 Å². The van der Waals surface area contributed by atoms with Crippen molar-refractivity contribution >= 4 is 50.8 Å². The number of benzene rings is 2. The molecule has 42 heavy (non-hydrogen) atoms. The van der Waals surface area contributed by atoms with E-state index in [4.69, 9.17) is 4.74 Å². The maximum Gasteiger partial charge on any atom is 0.411 e. The second kappa shape index (κ2) is 12.4. The normalized spacial score (nSPS) is 19.1. The third kappa shape index (κ3) is 6.09. The van der Waals surface area contributed by atoms with Crippen molar-refractivity contribution in [2.24, 2.45) is 5.92 Å². The van der Waals surface area contributed by atoms with Gasteiger partial charge in [0.1, 0.15) is 5.82 Å². The SMILES string of the molecule is COC(=O)Nc1ccc2c(c1)NC(=O)C(C)CCCC(N1CCC(c3c(Br)ccc(C)c3F)=CC1=O)c1cc-2ccn1. The van der Waals surface area contributed by atoms with Gasteiger partial charge in [-0.2, -0.15) is 0 Å². The molecule has 2 aromatic carbocycles. The second-order valence-electron chi connectivity index (χ2n) is 10.7. The van der Waals surface area contributed by atoms with Gasteiger partial charge in [-0.3, -0.25) is 19.9 Å². The summed E-state index contributed by atoms with van der Waals surface area (Å²) in [7, 11) is 1.28. The molecule has 10 heteroatoms. The standard InChI is InChI=1S/C32H32BrFN4O4/c1-18-7-10-24(33)29(30(18)34)21-12-14-38(28(39)16-21)27-6-4-5-19(2)31(40)37-25-17-22(36-32(41)42-3)8-9-23(25)20-11-13-35-26(27)15-20/h7-11,13,15-17,19,27H,4-6,12,14H2,1-3H3,(H,36,41)(H,37,40). The molecule has 2 N–H and O–H groups in total. The molecule has 3 aromatic rings. The smallest absolute Gasteiger partial charge is 0.411 e. The number of ether oxygens (including phenoxy) is 1. The van der Waals surface area contributed by atoms with E-state index in [1.54, 1.807) is 42.3 Å². The maximum atomic E-state index is 15.1. The monoisotopic (exact) mass is 634 g/mol. The predicted octanol–water partition coefficient (Wildman–Crippen LogP) is 7.25. The Hall–Kier alpha value is -4.05. The van der Waals surface area contributed by atoms with Gasteiger partial charge in [-0.25, -0.2) is 9.18 Å². The number of anilines is 2. The summed E-state index contributed by atoms with van der Waals surface area (Å²) in [5.74, 6) is -0.942. The molecule has 0 fully saturated rings. The predicted molar refractivity (Wildman–Crippen MR) is 163 cm³/mol. The van der Waals surface area contributed by atoms with Crippen LogP contribution in [-0.2, 0) is 14.3 Å². The zero-order valence-corrected chi connectivity index (χ0v) is 25.3. The van der Waals surface area contributed by atoms with Gasteiger partial charge in [-0.1, -0.05) is 41.4 Å². The fraction of sp³-hybridized carbons (Fsp3) is 0.312. The highest BCUT2D eigenvalue weighted by Crippen LogP contribution is 2.38. The molecule has 3 heterocycles. The van der Waals surface area contributed by atoms with Crippen LogP contribution in [0.2, 0.25) is 0 Å². The van der Waals surface area contributed by atoms with Crippen LogP contribution in [0.15, 0.2) is 59.2 Å². The van der Waals surface area contributed by atoms with Crippen molar-refractivity contribution in [1.29, 1.82) is 0 Å². The summed E-state index contributed by atoms with van der Waals surface area (Å²) >= 11 is 3.46. The number of pyridine rings is 1. The summed E-state index contributed by atoms with van der Waals surface area (Å²) < 4.78 is 20.4. The molecule has 5 rings (SSSR count). The van der Waals surface area contributed by atoms with E-state index in [9.17, 15) is 14.4 Å². The summed E-state index contributed by atoms with van der Waals surface area (Å²) in [6.45, 7) is 4.00. The van der Waals surface area contributed by atoms with E-state index >= 15 is 4.39 Å². The highest BCUT2D eigenvalue weighted by Gasteiger charge is 2.31. The van der Waals surface area contributed by atoms with Gasteiger partial charge in [0.25, 0.3) is 0 Å². The number of nitrogens with one attached hydrogen (secondary N) is 2. The fourth-order valence-corrected chi connectivity index (χ4v) is 6.09. The summed E-state index contributed by atoms with van der Waals surface area (Å²) in [5, 5.41) is 5.67. The van der Waals surface area contributed by atoms with Crippen LogP contribution in [0.3, 0.4) is 0 Å². The Bertz CT molecular complexity index is 1590. The number of fused-ring (bicyclic) bond motifs is 4. The number of carbonyl (C=O) groups is 3. The third-order valence-electron chi connectivity index (χ3n) is 7.89. The lowest BCUT2D eigenvalue weighted by atomic mass is 9.92. The summed E-state index contributed by atoms with van der Waals surface area (Å²) in [4.78, 5) is 45.0. The van der Waals surface area contributed by atoms with Crippen LogP contribution in [0.25, 0.3) is 16.7 Å². The molecule has 2 unspecified atom stereocenters. The Labute approximate surface area is 252 Å². The summed E-state index contributed by atoms with van der Waals surface area (Å²) in [6, 6.07) is 12.2. The van der Waals surface area contributed by atoms with E-state index < -0.39 is 6.09 Å².